The van der Waals surface area contributed by atoms with Crippen LogP contribution in [-0.4, -0.2) is 37.1 Å². The Bertz CT molecular complexity index is 527. The summed E-state index contributed by atoms with van der Waals surface area (Å²) in [7, 11) is 1.65. The first-order valence-corrected chi connectivity index (χ1v) is 10.3. The number of hydrogen-bond donors (Lipinski definition) is 0. The summed E-state index contributed by atoms with van der Waals surface area (Å²) in [6, 6.07) is 8.35. The van der Waals surface area contributed by atoms with Gasteiger partial charge >= 0.3 is 23.0 Å². The van der Waals surface area contributed by atoms with Crippen molar-refractivity contribution in [3.63, 3.8) is 0 Å². The second-order valence-corrected chi connectivity index (χ2v) is 8.69. The summed E-state index contributed by atoms with van der Waals surface area (Å²) in [5.41, 5.74) is 0. The molecule has 28 heavy (non-hydrogen) atoms. The van der Waals surface area contributed by atoms with Crippen molar-refractivity contribution < 1.29 is 30.2 Å². The molecule has 0 saturated heterocycles. The van der Waals surface area contributed by atoms with Crippen molar-refractivity contribution in [1.29, 1.82) is 0 Å². The molecule has 1 nitrogen and oxygen atoms in total. The van der Waals surface area contributed by atoms with Gasteiger partial charge in [0, 0.05) is 19.9 Å². The fourth-order valence-corrected chi connectivity index (χ4v) is 4.54. The average molecular weight is 447 g/mol. The minimum atomic E-state index is -4.19. The molecule has 0 unspecified atom stereocenters. The predicted molar refractivity (Wildman–Crippen MR) is 108 cm³/mol. The molecular formula is C22H25F3FeNP+2. The van der Waals surface area contributed by atoms with Gasteiger partial charge in [-0.1, -0.05) is 30.3 Å². The van der Waals surface area contributed by atoms with Gasteiger partial charge in [0.05, 0.1) is 0 Å². The van der Waals surface area contributed by atoms with E-state index in [1.807, 2.05) is 77.3 Å². The molecule has 1 aromatic rings. The fraction of sp³-hybridized carbons (Fsp3) is 0.273. The molecule has 0 N–H and O–H groups in total. The van der Waals surface area contributed by atoms with E-state index in [0.29, 0.717) is 5.30 Å². The molecule has 0 spiro atoms. The first-order chi connectivity index (χ1) is 12.8. The SMILES string of the molecule is C[C@H]([C]1[CH][CH][CH][C]1C[P@@](c1ccccc1)C(F)(F)F)N(C)C.[CH]1[CH][CH][CH][CH]1.[Fe+2]. The van der Waals surface area contributed by atoms with Crippen molar-refractivity contribution in [3.05, 3.63) is 93.5 Å². The summed E-state index contributed by atoms with van der Waals surface area (Å²) in [5.74, 6) is -2.40. The first kappa shape index (κ1) is 26.0. The molecule has 10 radical (unpaired) electrons. The molecule has 6 heteroatoms. The van der Waals surface area contributed by atoms with Gasteiger partial charge in [-0.15, -0.1) is 0 Å². The number of benzene rings is 1. The molecule has 0 bridgehead atoms. The van der Waals surface area contributed by atoms with Crippen molar-refractivity contribution in [2.24, 2.45) is 0 Å². The molecule has 2 aliphatic rings. The second-order valence-electron chi connectivity index (χ2n) is 6.50. The zero-order chi connectivity index (χ0) is 19.9. The molecule has 0 aliphatic heterocycles. The van der Waals surface area contributed by atoms with Crippen molar-refractivity contribution >= 4 is 13.2 Å². The third-order valence-electron chi connectivity index (χ3n) is 4.43. The molecule has 150 valence electrons. The van der Waals surface area contributed by atoms with Crippen LogP contribution >= 0.6 is 7.92 Å². The molecule has 2 atom stereocenters. The Labute approximate surface area is 181 Å². The molecule has 0 aromatic heterocycles. The van der Waals surface area contributed by atoms with E-state index >= 15 is 0 Å². The Kier molecular flexibility index (Phi) is 11.7. The summed E-state index contributed by atoms with van der Waals surface area (Å²) in [6.45, 7) is 2.01. The van der Waals surface area contributed by atoms with E-state index in [-0.39, 0.29) is 29.3 Å². The van der Waals surface area contributed by atoms with Gasteiger partial charge in [-0.25, -0.2) is 0 Å². The summed E-state index contributed by atoms with van der Waals surface area (Å²) in [5, 5.41) is 0.384. The number of hydrogen-bond acceptors (Lipinski definition) is 1. The monoisotopic (exact) mass is 447 g/mol. The van der Waals surface area contributed by atoms with Gasteiger partial charge in [0.25, 0.3) is 0 Å². The molecule has 2 aliphatic carbocycles. The van der Waals surface area contributed by atoms with Gasteiger partial charge in [0.15, 0.2) is 0 Å². The third-order valence-corrected chi connectivity index (χ3v) is 6.62. The van der Waals surface area contributed by atoms with Gasteiger partial charge < -0.3 is 4.90 Å². The minimum Gasteiger partial charge on any atom is -0.306 e. The van der Waals surface area contributed by atoms with Crippen molar-refractivity contribution in [3.8, 4) is 0 Å². The number of nitrogens with zero attached hydrogens (tertiary/aromatic N) is 1. The smallest absolute Gasteiger partial charge is 0.306 e. The summed E-state index contributed by atoms with van der Waals surface area (Å²) >= 11 is 0. The fourth-order valence-electron chi connectivity index (χ4n) is 2.73. The molecule has 3 rings (SSSR count). The largest absolute Gasteiger partial charge is 2.00 e. The zero-order valence-electron chi connectivity index (χ0n) is 16.2. The van der Waals surface area contributed by atoms with Crippen LogP contribution in [-0.2, 0) is 17.1 Å². The Morgan fingerprint density at radius 3 is 1.89 bits per heavy atom. The predicted octanol–water partition coefficient (Wildman–Crippen LogP) is 5.06. The third kappa shape index (κ3) is 7.98. The van der Waals surface area contributed by atoms with Gasteiger partial charge in [-0.2, -0.15) is 13.2 Å². The van der Waals surface area contributed by atoms with E-state index in [1.54, 1.807) is 30.3 Å². The standard InChI is InChI=1S/C17H20F3NP.C5H5.Fe/c1-13(21(2)3)16-11-7-8-14(16)12-22(17(18,19)20)15-9-5-4-6-10-15;1-2-4-5-3-1;/h4-11,13H,12H2,1-3H3;1-5H;/q;;+2/t13-,22+;;/m1../s1. The maximum absolute atomic E-state index is 13.5. The molecule has 0 amide bonds. The van der Waals surface area contributed by atoms with E-state index in [1.165, 1.54) is 0 Å². The van der Waals surface area contributed by atoms with Crippen molar-refractivity contribution in [1.82, 2.24) is 4.90 Å². The van der Waals surface area contributed by atoms with E-state index in [2.05, 4.69) is 0 Å². The Hall–Kier alpha value is -0.0805. The first-order valence-electron chi connectivity index (χ1n) is 8.77. The van der Waals surface area contributed by atoms with Crippen LogP contribution in [0.25, 0.3) is 0 Å². The van der Waals surface area contributed by atoms with Crippen molar-refractivity contribution in [2.45, 2.75) is 18.9 Å². The maximum atomic E-state index is 13.5. The topological polar surface area (TPSA) is 3.24 Å². The summed E-state index contributed by atoms with van der Waals surface area (Å²) in [6.07, 6.45) is 15.6. The normalized spacial score (nSPS) is 20.4. The van der Waals surface area contributed by atoms with Crippen LogP contribution in [0, 0.1) is 63.2 Å². The number of rotatable bonds is 5. The second kappa shape index (κ2) is 12.6. The average Bonchev–Trinajstić information content (AvgIpc) is 3.33. The van der Waals surface area contributed by atoms with E-state index in [4.69, 9.17) is 0 Å². The Morgan fingerprint density at radius 2 is 1.43 bits per heavy atom. The van der Waals surface area contributed by atoms with Gasteiger partial charge in [-0.3, -0.25) is 0 Å². The molecule has 1 aromatic carbocycles. The van der Waals surface area contributed by atoms with E-state index in [9.17, 15) is 13.2 Å². The van der Waals surface area contributed by atoms with Gasteiger partial charge in [0.2, 0.25) is 0 Å². The van der Waals surface area contributed by atoms with Gasteiger partial charge in [0.1, 0.15) is 0 Å². The van der Waals surface area contributed by atoms with Crippen LogP contribution < -0.4 is 5.30 Å². The zero-order valence-corrected chi connectivity index (χ0v) is 18.2. The minimum absolute atomic E-state index is 0. The number of halogens is 3. The van der Waals surface area contributed by atoms with Gasteiger partial charge in [-0.05, 0) is 89.8 Å². The Morgan fingerprint density at radius 1 is 0.893 bits per heavy atom. The molecule has 2 fully saturated rings. The van der Waals surface area contributed by atoms with Crippen LogP contribution in [0.15, 0.2) is 30.3 Å². The summed E-state index contributed by atoms with van der Waals surface area (Å²) in [4.78, 5) is 2.01. The molecule has 2 saturated carbocycles. The van der Waals surface area contributed by atoms with Crippen LogP contribution in [0.5, 0.6) is 0 Å². The van der Waals surface area contributed by atoms with E-state index < -0.39 is 13.8 Å². The maximum Gasteiger partial charge on any atom is 2.00 e. The quantitative estimate of drug-likeness (QED) is 0.451. The van der Waals surface area contributed by atoms with Crippen LogP contribution in [0.2, 0.25) is 0 Å². The summed E-state index contributed by atoms with van der Waals surface area (Å²) < 4.78 is 40.5. The Balaban J connectivity index is 0.000000567. The number of alkyl halides is 3. The van der Waals surface area contributed by atoms with Crippen LogP contribution in [0.4, 0.5) is 13.2 Å². The van der Waals surface area contributed by atoms with Crippen LogP contribution in [0.3, 0.4) is 0 Å². The molecular weight excluding hydrogens is 422 g/mol. The van der Waals surface area contributed by atoms with E-state index in [0.717, 1.165) is 11.8 Å². The van der Waals surface area contributed by atoms with Crippen LogP contribution in [0.1, 0.15) is 6.92 Å². The molecule has 0 heterocycles. The van der Waals surface area contributed by atoms with Crippen molar-refractivity contribution in [2.75, 3.05) is 20.3 Å².